The highest BCUT2D eigenvalue weighted by atomic mass is 16.2. The number of nitriles is 1. The summed E-state index contributed by atoms with van der Waals surface area (Å²) in [7, 11) is 0. The maximum absolute atomic E-state index is 11.5. The largest absolute Gasteiger partial charge is 0.354 e. The smallest absolute Gasteiger partial charge is 0.239 e. The van der Waals surface area contributed by atoms with Crippen molar-refractivity contribution in [2.45, 2.75) is 46.6 Å². The Morgan fingerprint density at radius 1 is 1.41 bits per heavy atom. The number of amides is 2. The molecule has 17 heavy (non-hydrogen) atoms. The third-order valence-electron chi connectivity index (χ3n) is 2.50. The van der Waals surface area contributed by atoms with Gasteiger partial charge in [0.25, 0.3) is 0 Å². The molecule has 5 nitrogen and oxygen atoms in total. The molecule has 0 spiro atoms. The molecule has 0 fully saturated rings. The Morgan fingerprint density at radius 3 is 2.47 bits per heavy atom. The topological polar surface area (TPSA) is 82.0 Å². The lowest BCUT2D eigenvalue weighted by molar-refractivity contribution is -0.127. The van der Waals surface area contributed by atoms with Gasteiger partial charge in [0.2, 0.25) is 11.8 Å². The molecular weight excluding hydrogens is 218 g/mol. The van der Waals surface area contributed by atoms with Gasteiger partial charge in [-0.15, -0.1) is 0 Å². The Hall–Kier alpha value is -1.57. The van der Waals surface area contributed by atoms with Crippen LogP contribution >= 0.6 is 0 Å². The van der Waals surface area contributed by atoms with Crippen molar-refractivity contribution in [2.24, 2.45) is 5.41 Å². The number of nitrogens with zero attached hydrogens (tertiary/aromatic N) is 1. The third-order valence-corrected chi connectivity index (χ3v) is 2.50. The van der Waals surface area contributed by atoms with Gasteiger partial charge in [-0.3, -0.25) is 9.59 Å². The van der Waals surface area contributed by atoms with Crippen molar-refractivity contribution in [3.8, 4) is 6.07 Å². The van der Waals surface area contributed by atoms with Gasteiger partial charge in [0.1, 0.15) is 5.41 Å². The summed E-state index contributed by atoms with van der Waals surface area (Å²) < 4.78 is 0. The lowest BCUT2D eigenvalue weighted by Gasteiger charge is -2.15. The predicted molar refractivity (Wildman–Crippen MR) is 64.9 cm³/mol. The van der Waals surface area contributed by atoms with Crippen LogP contribution in [0.25, 0.3) is 0 Å². The number of carbonyl (C=O) groups is 2. The molecule has 0 aliphatic rings. The zero-order valence-electron chi connectivity index (χ0n) is 11.0. The lowest BCUT2D eigenvalue weighted by Crippen LogP contribution is -2.39. The minimum absolute atomic E-state index is 0.0885. The van der Waals surface area contributed by atoms with E-state index in [0.29, 0.717) is 0 Å². The van der Waals surface area contributed by atoms with Crippen LogP contribution in [0.2, 0.25) is 0 Å². The lowest BCUT2D eigenvalue weighted by atomic mass is 9.95. The van der Waals surface area contributed by atoms with Crippen molar-refractivity contribution in [3.63, 3.8) is 0 Å². The fraction of sp³-hybridized carbons (Fsp3) is 0.750. The molecule has 0 saturated carbocycles. The molecule has 0 radical (unpaired) electrons. The Morgan fingerprint density at radius 2 is 2.00 bits per heavy atom. The maximum atomic E-state index is 11.5. The van der Waals surface area contributed by atoms with Crippen molar-refractivity contribution in [1.29, 1.82) is 5.26 Å². The molecule has 0 heterocycles. The van der Waals surface area contributed by atoms with Gasteiger partial charge in [-0.1, -0.05) is 6.92 Å². The molecule has 0 aromatic heterocycles. The molecular formula is C12H21N3O2. The average Bonchev–Trinajstić information content (AvgIpc) is 2.28. The molecule has 5 heteroatoms. The molecule has 2 amide bonds. The number of carbonyl (C=O) groups excluding carboxylic acids is 2. The summed E-state index contributed by atoms with van der Waals surface area (Å²) in [4.78, 5) is 22.9. The van der Waals surface area contributed by atoms with Crippen LogP contribution in [0.1, 0.15) is 40.5 Å². The molecule has 0 saturated heterocycles. The highest BCUT2D eigenvalue weighted by Gasteiger charge is 2.26. The van der Waals surface area contributed by atoms with Gasteiger partial charge in [0, 0.05) is 19.0 Å². The summed E-state index contributed by atoms with van der Waals surface area (Å²) in [5.74, 6) is -0.439. The van der Waals surface area contributed by atoms with Gasteiger partial charge in [0.05, 0.1) is 6.07 Å². The quantitative estimate of drug-likeness (QED) is 0.724. The first-order chi connectivity index (χ1) is 7.83. The number of nitrogens with one attached hydrogen (secondary N) is 2. The summed E-state index contributed by atoms with van der Waals surface area (Å²) in [5, 5.41) is 14.1. The predicted octanol–water partition coefficient (Wildman–Crippen LogP) is 0.957. The Balaban J connectivity index is 3.90. The molecule has 0 aliphatic heterocycles. The fourth-order valence-corrected chi connectivity index (χ4v) is 1.01. The van der Waals surface area contributed by atoms with Crippen molar-refractivity contribution < 1.29 is 9.59 Å². The minimum atomic E-state index is -1.05. The SMILES string of the molecule is CCC(C)NC(=O)CCNC(=O)C(C)(C)C#N. The molecule has 1 unspecified atom stereocenters. The van der Waals surface area contributed by atoms with E-state index in [2.05, 4.69) is 10.6 Å². The minimum Gasteiger partial charge on any atom is -0.354 e. The highest BCUT2D eigenvalue weighted by Crippen LogP contribution is 2.12. The van der Waals surface area contributed by atoms with Gasteiger partial charge < -0.3 is 10.6 Å². The summed E-state index contributed by atoms with van der Waals surface area (Å²) in [6, 6.07) is 2.05. The Kier molecular flexibility index (Phi) is 6.26. The van der Waals surface area contributed by atoms with Crippen molar-refractivity contribution >= 4 is 11.8 Å². The van der Waals surface area contributed by atoms with E-state index in [-0.39, 0.29) is 30.8 Å². The van der Waals surface area contributed by atoms with Crippen molar-refractivity contribution in [3.05, 3.63) is 0 Å². The monoisotopic (exact) mass is 239 g/mol. The number of hydrogen-bond donors (Lipinski definition) is 2. The standard InChI is InChI=1S/C12H21N3O2/c1-5-9(2)15-10(16)6-7-14-11(17)12(3,4)8-13/h9H,5-7H2,1-4H3,(H,14,17)(H,15,16). The maximum Gasteiger partial charge on any atom is 0.239 e. The van der Waals surface area contributed by atoms with E-state index in [1.165, 1.54) is 0 Å². The van der Waals surface area contributed by atoms with E-state index in [1.54, 1.807) is 13.8 Å². The third kappa shape index (κ3) is 5.91. The Labute approximate surface area is 103 Å². The van der Waals surface area contributed by atoms with E-state index in [4.69, 9.17) is 5.26 Å². The van der Waals surface area contributed by atoms with Crippen LogP contribution in [0.4, 0.5) is 0 Å². The van der Waals surface area contributed by atoms with Gasteiger partial charge >= 0.3 is 0 Å². The molecule has 0 aliphatic carbocycles. The van der Waals surface area contributed by atoms with Crippen LogP contribution in [0, 0.1) is 16.7 Å². The van der Waals surface area contributed by atoms with E-state index < -0.39 is 5.41 Å². The second kappa shape index (κ2) is 6.89. The average molecular weight is 239 g/mol. The van der Waals surface area contributed by atoms with Crippen LogP contribution in [0.5, 0.6) is 0 Å². The van der Waals surface area contributed by atoms with Crippen LogP contribution < -0.4 is 10.6 Å². The molecule has 2 N–H and O–H groups in total. The van der Waals surface area contributed by atoms with Crippen LogP contribution in [-0.4, -0.2) is 24.4 Å². The van der Waals surface area contributed by atoms with Crippen LogP contribution in [0.15, 0.2) is 0 Å². The molecule has 0 aromatic carbocycles. The van der Waals surface area contributed by atoms with Gasteiger partial charge in [0.15, 0.2) is 0 Å². The first-order valence-corrected chi connectivity index (χ1v) is 5.82. The number of hydrogen-bond acceptors (Lipinski definition) is 3. The summed E-state index contributed by atoms with van der Waals surface area (Å²) in [5.41, 5.74) is -1.05. The molecule has 0 rings (SSSR count). The normalized spacial score (nSPS) is 12.4. The summed E-state index contributed by atoms with van der Waals surface area (Å²) in [6.45, 7) is 7.26. The first-order valence-electron chi connectivity index (χ1n) is 5.82. The van der Waals surface area contributed by atoms with Gasteiger partial charge in [-0.05, 0) is 27.2 Å². The Bertz CT molecular complexity index is 318. The second-order valence-corrected chi connectivity index (χ2v) is 4.62. The molecule has 1 atom stereocenters. The zero-order valence-corrected chi connectivity index (χ0v) is 11.0. The number of rotatable bonds is 6. The fourth-order valence-electron chi connectivity index (χ4n) is 1.01. The van der Waals surface area contributed by atoms with E-state index >= 15 is 0 Å². The van der Waals surface area contributed by atoms with E-state index in [9.17, 15) is 9.59 Å². The van der Waals surface area contributed by atoms with Crippen LogP contribution in [0.3, 0.4) is 0 Å². The van der Waals surface area contributed by atoms with E-state index in [0.717, 1.165) is 6.42 Å². The zero-order chi connectivity index (χ0) is 13.5. The summed E-state index contributed by atoms with van der Waals surface area (Å²) >= 11 is 0. The van der Waals surface area contributed by atoms with Gasteiger partial charge in [-0.25, -0.2) is 0 Å². The van der Waals surface area contributed by atoms with Crippen LogP contribution in [-0.2, 0) is 9.59 Å². The highest BCUT2D eigenvalue weighted by molar-refractivity contribution is 5.85. The molecule has 96 valence electrons. The second-order valence-electron chi connectivity index (χ2n) is 4.62. The molecule has 0 bridgehead atoms. The van der Waals surface area contributed by atoms with Crippen molar-refractivity contribution in [1.82, 2.24) is 10.6 Å². The van der Waals surface area contributed by atoms with Crippen molar-refractivity contribution in [2.75, 3.05) is 6.54 Å². The first kappa shape index (κ1) is 15.4. The van der Waals surface area contributed by atoms with E-state index in [1.807, 2.05) is 19.9 Å². The summed E-state index contributed by atoms with van der Waals surface area (Å²) in [6.07, 6.45) is 1.11. The van der Waals surface area contributed by atoms with Gasteiger partial charge in [-0.2, -0.15) is 5.26 Å². The molecule has 0 aromatic rings.